The fourth-order valence-electron chi connectivity index (χ4n) is 5.41. The van der Waals surface area contributed by atoms with Crippen molar-refractivity contribution < 1.29 is 33.0 Å². The Morgan fingerprint density at radius 3 is 2.63 bits per heavy atom. The highest BCUT2D eigenvalue weighted by Crippen LogP contribution is 2.47. The second kappa shape index (κ2) is 9.78. The summed E-state index contributed by atoms with van der Waals surface area (Å²) in [5.41, 5.74) is 4.03. The molecule has 8 nitrogen and oxygen atoms in total. The number of nitrogens with one attached hydrogen (secondary N) is 1. The zero-order valence-corrected chi connectivity index (χ0v) is 21.1. The fourth-order valence-corrected chi connectivity index (χ4v) is 5.41. The average Bonchev–Trinajstić information content (AvgIpc) is 3.63. The molecule has 1 aromatic heterocycles. The number of Topliss-reactive ketones (excluding diaryl/α,β-unsaturated/α-hetero) is 1. The van der Waals surface area contributed by atoms with Crippen molar-refractivity contribution in [2.75, 3.05) is 13.9 Å². The second-order valence-corrected chi connectivity index (χ2v) is 9.57. The summed E-state index contributed by atoms with van der Waals surface area (Å²) in [5, 5.41) is 3.36. The maximum atomic E-state index is 13.7. The zero-order chi connectivity index (χ0) is 26.2. The monoisotopic (exact) mass is 513 g/mol. The molecule has 3 heterocycles. The average molecular weight is 514 g/mol. The maximum Gasteiger partial charge on any atom is 0.337 e. The minimum absolute atomic E-state index is 0.0317. The van der Waals surface area contributed by atoms with Gasteiger partial charge in [0.05, 0.1) is 18.9 Å². The number of carbonyl (C=O) groups excluding carboxylic acids is 2. The summed E-state index contributed by atoms with van der Waals surface area (Å²) < 4.78 is 27.7. The topological polar surface area (TPSA) is 96.2 Å². The van der Waals surface area contributed by atoms with Crippen LogP contribution in [0.25, 0.3) is 0 Å². The number of furan rings is 1. The molecule has 0 unspecified atom stereocenters. The number of methoxy groups -OCH3 is 1. The van der Waals surface area contributed by atoms with Gasteiger partial charge >= 0.3 is 5.97 Å². The van der Waals surface area contributed by atoms with Crippen molar-refractivity contribution in [2.45, 2.75) is 38.2 Å². The summed E-state index contributed by atoms with van der Waals surface area (Å²) in [5.74, 6) is 1.53. The number of esters is 1. The van der Waals surface area contributed by atoms with Crippen LogP contribution in [0.5, 0.6) is 17.2 Å². The number of ether oxygens (including phenoxy) is 4. The van der Waals surface area contributed by atoms with Gasteiger partial charge in [0.2, 0.25) is 6.79 Å². The number of hydrogen-bond acceptors (Lipinski definition) is 8. The SMILES string of the molecule is COc1ccc(COC(=O)C2=C(C)NC3=C(C(=O)C[C@@H](c4ccco4)C3)[C@H]2c2ccc3c(c2)OCO3)cc1. The highest BCUT2D eigenvalue weighted by atomic mass is 16.7. The van der Waals surface area contributed by atoms with Crippen LogP contribution in [0.2, 0.25) is 0 Å². The van der Waals surface area contributed by atoms with Gasteiger partial charge in [0.15, 0.2) is 17.3 Å². The molecule has 1 aliphatic carbocycles. The van der Waals surface area contributed by atoms with E-state index in [1.165, 1.54) is 0 Å². The van der Waals surface area contributed by atoms with Crippen LogP contribution in [0.3, 0.4) is 0 Å². The molecule has 1 N–H and O–H groups in total. The van der Waals surface area contributed by atoms with Crippen LogP contribution >= 0.6 is 0 Å². The predicted molar refractivity (Wildman–Crippen MR) is 137 cm³/mol. The molecule has 3 aliphatic rings. The zero-order valence-electron chi connectivity index (χ0n) is 21.1. The number of hydrogen-bond donors (Lipinski definition) is 1. The van der Waals surface area contributed by atoms with E-state index in [4.69, 9.17) is 23.4 Å². The van der Waals surface area contributed by atoms with Crippen LogP contribution in [0.15, 0.2) is 87.8 Å². The van der Waals surface area contributed by atoms with Gasteiger partial charge in [-0.15, -0.1) is 0 Å². The Morgan fingerprint density at radius 1 is 1.05 bits per heavy atom. The standard InChI is InChI=1S/C30H27NO7/c1-17-27(30(33)36-15-18-5-8-21(34-2)9-6-18)28(19-7-10-25-26(14-19)38-16-37-25)29-22(31-17)12-20(13-23(29)32)24-4-3-11-35-24/h3-11,14,20,28,31H,12-13,15-16H2,1-2H3/t20-,28-/m0/s1. The number of allylic oxidation sites excluding steroid dienone is 3. The van der Waals surface area contributed by atoms with Gasteiger partial charge < -0.3 is 28.7 Å². The van der Waals surface area contributed by atoms with Crippen molar-refractivity contribution in [3.63, 3.8) is 0 Å². The van der Waals surface area contributed by atoms with E-state index in [0.717, 1.165) is 28.3 Å². The number of ketones is 1. The Bertz CT molecular complexity index is 1450. The van der Waals surface area contributed by atoms with E-state index in [2.05, 4.69) is 5.32 Å². The number of rotatable bonds is 6. The summed E-state index contributed by atoms with van der Waals surface area (Å²) in [6.07, 6.45) is 2.51. The molecule has 0 amide bonds. The molecule has 2 aliphatic heterocycles. The van der Waals surface area contributed by atoms with Crippen molar-refractivity contribution in [3.05, 3.63) is 100 Å². The maximum absolute atomic E-state index is 13.7. The fraction of sp³-hybridized carbons (Fsp3) is 0.267. The summed E-state index contributed by atoms with van der Waals surface area (Å²) in [6, 6.07) is 16.6. The lowest BCUT2D eigenvalue weighted by molar-refractivity contribution is -0.140. The summed E-state index contributed by atoms with van der Waals surface area (Å²) in [4.78, 5) is 27.3. The first kappa shape index (κ1) is 23.9. The first-order valence-electron chi connectivity index (χ1n) is 12.5. The smallest absolute Gasteiger partial charge is 0.337 e. The quantitative estimate of drug-likeness (QED) is 0.454. The Balaban J connectivity index is 1.35. The van der Waals surface area contributed by atoms with Crippen LogP contribution < -0.4 is 19.5 Å². The van der Waals surface area contributed by atoms with E-state index in [-0.39, 0.29) is 25.1 Å². The molecule has 0 spiro atoms. The summed E-state index contributed by atoms with van der Waals surface area (Å²) in [7, 11) is 1.60. The molecule has 0 saturated carbocycles. The molecule has 194 valence electrons. The third-order valence-corrected chi connectivity index (χ3v) is 7.25. The van der Waals surface area contributed by atoms with Crippen molar-refractivity contribution in [2.24, 2.45) is 0 Å². The second-order valence-electron chi connectivity index (χ2n) is 9.57. The van der Waals surface area contributed by atoms with Gasteiger partial charge in [0.1, 0.15) is 18.1 Å². The lowest BCUT2D eigenvalue weighted by Gasteiger charge is -2.36. The van der Waals surface area contributed by atoms with Crippen LogP contribution in [-0.2, 0) is 20.9 Å². The van der Waals surface area contributed by atoms with Gasteiger partial charge in [-0.05, 0) is 60.9 Å². The molecule has 6 rings (SSSR count). The van der Waals surface area contributed by atoms with Gasteiger partial charge in [-0.25, -0.2) is 4.79 Å². The first-order chi connectivity index (χ1) is 18.5. The molecule has 3 aromatic rings. The lowest BCUT2D eigenvalue weighted by atomic mass is 9.72. The number of carbonyl (C=O) groups is 2. The first-order valence-corrected chi connectivity index (χ1v) is 12.5. The van der Waals surface area contributed by atoms with Gasteiger partial charge in [-0.1, -0.05) is 18.2 Å². The Labute approximate surface area is 219 Å². The third-order valence-electron chi connectivity index (χ3n) is 7.25. The minimum atomic E-state index is -0.603. The van der Waals surface area contributed by atoms with Gasteiger partial charge in [0.25, 0.3) is 0 Å². The molecule has 0 saturated heterocycles. The van der Waals surface area contributed by atoms with Crippen LogP contribution in [0.1, 0.15) is 48.5 Å². The van der Waals surface area contributed by atoms with Crippen molar-refractivity contribution in [1.29, 1.82) is 0 Å². The Kier molecular flexibility index (Phi) is 6.15. The number of fused-ring (bicyclic) bond motifs is 1. The van der Waals surface area contributed by atoms with E-state index in [9.17, 15) is 9.59 Å². The largest absolute Gasteiger partial charge is 0.497 e. The summed E-state index contributed by atoms with van der Waals surface area (Å²) in [6.45, 7) is 2.07. The van der Waals surface area contributed by atoms with E-state index in [0.29, 0.717) is 41.2 Å². The van der Waals surface area contributed by atoms with Crippen molar-refractivity contribution >= 4 is 11.8 Å². The molecule has 2 aromatic carbocycles. The van der Waals surface area contributed by atoms with Gasteiger partial charge in [-0.2, -0.15) is 0 Å². The van der Waals surface area contributed by atoms with Crippen molar-refractivity contribution in [3.8, 4) is 17.2 Å². The molecule has 0 radical (unpaired) electrons. The highest BCUT2D eigenvalue weighted by Gasteiger charge is 2.42. The van der Waals surface area contributed by atoms with E-state index >= 15 is 0 Å². The van der Waals surface area contributed by atoms with Crippen LogP contribution in [0, 0.1) is 0 Å². The Morgan fingerprint density at radius 2 is 1.87 bits per heavy atom. The van der Waals surface area contributed by atoms with E-state index in [1.807, 2.05) is 61.5 Å². The summed E-state index contributed by atoms with van der Waals surface area (Å²) >= 11 is 0. The van der Waals surface area contributed by atoms with E-state index < -0.39 is 11.9 Å². The number of dihydropyridines is 1. The molecular formula is C30H27NO7. The molecule has 0 fully saturated rings. The predicted octanol–water partition coefficient (Wildman–Crippen LogP) is 5.12. The number of benzene rings is 2. The molecule has 0 bridgehead atoms. The van der Waals surface area contributed by atoms with Gasteiger partial charge in [-0.3, -0.25) is 4.79 Å². The van der Waals surface area contributed by atoms with Crippen LogP contribution in [-0.4, -0.2) is 25.7 Å². The van der Waals surface area contributed by atoms with E-state index in [1.54, 1.807) is 13.4 Å². The Hall–Kier alpha value is -4.46. The molecule has 8 heteroatoms. The molecule has 38 heavy (non-hydrogen) atoms. The lowest BCUT2D eigenvalue weighted by Crippen LogP contribution is -2.36. The van der Waals surface area contributed by atoms with Crippen LogP contribution in [0.4, 0.5) is 0 Å². The van der Waals surface area contributed by atoms with Crippen molar-refractivity contribution in [1.82, 2.24) is 5.32 Å². The molecule has 2 atom stereocenters. The molecular weight excluding hydrogens is 486 g/mol. The highest BCUT2D eigenvalue weighted by molar-refractivity contribution is 6.04. The van der Waals surface area contributed by atoms with Gasteiger partial charge in [0, 0.05) is 35.2 Å². The normalized spacial score (nSPS) is 20.2. The minimum Gasteiger partial charge on any atom is -0.497 e. The third kappa shape index (κ3) is 4.32.